The van der Waals surface area contributed by atoms with Gasteiger partial charge in [0.25, 0.3) is 0 Å². The normalized spacial score (nSPS) is 12.5. The molecule has 1 rings (SSSR count). The summed E-state index contributed by atoms with van der Waals surface area (Å²) in [5.41, 5.74) is 1.31. The van der Waals surface area contributed by atoms with Crippen molar-refractivity contribution in [2.45, 2.75) is 26.2 Å². The van der Waals surface area contributed by atoms with E-state index in [9.17, 15) is 0 Å². The largest absolute Gasteiger partial charge is 0.494 e. The highest BCUT2D eigenvalue weighted by atomic mass is 16.5. The minimum absolute atomic E-state index is 0.542. The van der Waals surface area contributed by atoms with Gasteiger partial charge in [0.1, 0.15) is 5.75 Å². The topological polar surface area (TPSA) is 21.3 Å². The van der Waals surface area contributed by atoms with Gasteiger partial charge >= 0.3 is 0 Å². The standard InChI is InChI=1S/C13H21NO/c1-4-15-13-8-6-5-7-12(13)11(2)9-10-14-3/h5-8,11,14H,4,9-10H2,1-3H3. The third-order valence-electron chi connectivity index (χ3n) is 2.58. The van der Waals surface area contributed by atoms with Gasteiger partial charge in [-0.25, -0.2) is 0 Å². The van der Waals surface area contributed by atoms with Crippen LogP contribution in [0.5, 0.6) is 5.75 Å². The number of rotatable bonds is 6. The molecule has 1 N–H and O–H groups in total. The highest BCUT2D eigenvalue weighted by molar-refractivity contribution is 5.35. The zero-order valence-electron chi connectivity index (χ0n) is 9.92. The van der Waals surface area contributed by atoms with Crippen LogP contribution in [0.15, 0.2) is 24.3 Å². The van der Waals surface area contributed by atoms with Crippen LogP contribution in [0.1, 0.15) is 31.7 Å². The Morgan fingerprint density at radius 1 is 1.33 bits per heavy atom. The first kappa shape index (κ1) is 12.1. The van der Waals surface area contributed by atoms with Crippen molar-refractivity contribution in [2.75, 3.05) is 20.2 Å². The number of ether oxygens (including phenoxy) is 1. The maximum absolute atomic E-state index is 5.62. The smallest absolute Gasteiger partial charge is 0.122 e. The highest BCUT2D eigenvalue weighted by Crippen LogP contribution is 2.28. The summed E-state index contributed by atoms with van der Waals surface area (Å²) < 4.78 is 5.62. The van der Waals surface area contributed by atoms with Gasteiger partial charge in [-0.2, -0.15) is 0 Å². The van der Waals surface area contributed by atoms with E-state index >= 15 is 0 Å². The molecule has 0 aliphatic rings. The minimum Gasteiger partial charge on any atom is -0.494 e. The van der Waals surface area contributed by atoms with Crippen molar-refractivity contribution >= 4 is 0 Å². The molecule has 0 saturated heterocycles. The molecule has 0 fully saturated rings. The van der Waals surface area contributed by atoms with Gasteiger partial charge < -0.3 is 10.1 Å². The van der Waals surface area contributed by atoms with Gasteiger partial charge in [0.15, 0.2) is 0 Å². The lowest BCUT2D eigenvalue weighted by Gasteiger charge is -2.16. The first-order chi connectivity index (χ1) is 7.29. The predicted molar refractivity (Wildman–Crippen MR) is 64.6 cm³/mol. The van der Waals surface area contributed by atoms with Crippen LogP contribution in [0.3, 0.4) is 0 Å². The molecule has 0 heterocycles. The summed E-state index contributed by atoms with van der Waals surface area (Å²) in [5, 5.41) is 3.18. The summed E-state index contributed by atoms with van der Waals surface area (Å²) in [6, 6.07) is 8.31. The maximum Gasteiger partial charge on any atom is 0.122 e. The number of para-hydroxylation sites is 1. The Morgan fingerprint density at radius 2 is 2.07 bits per heavy atom. The summed E-state index contributed by atoms with van der Waals surface area (Å²) in [6.07, 6.45) is 1.14. The van der Waals surface area contributed by atoms with E-state index in [-0.39, 0.29) is 0 Å². The Kier molecular flexibility index (Phi) is 5.19. The van der Waals surface area contributed by atoms with Gasteiger partial charge in [0.2, 0.25) is 0 Å². The van der Waals surface area contributed by atoms with Crippen molar-refractivity contribution in [3.8, 4) is 5.75 Å². The third kappa shape index (κ3) is 3.56. The van der Waals surface area contributed by atoms with Crippen LogP contribution in [0.2, 0.25) is 0 Å². The second-order valence-corrected chi connectivity index (χ2v) is 3.76. The van der Waals surface area contributed by atoms with Crippen LogP contribution < -0.4 is 10.1 Å². The maximum atomic E-state index is 5.62. The second-order valence-electron chi connectivity index (χ2n) is 3.76. The molecule has 0 bridgehead atoms. The average Bonchev–Trinajstić information content (AvgIpc) is 2.27. The zero-order valence-corrected chi connectivity index (χ0v) is 9.92. The van der Waals surface area contributed by atoms with E-state index in [4.69, 9.17) is 4.74 Å². The molecule has 84 valence electrons. The lowest BCUT2D eigenvalue weighted by molar-refractivity contribution is 0.334. The summed E-state index contributed by atoms with van der Waals surface area (Å²) in [5.74, 6) is 1.57. The molecule has 1 aromatic rings. The summed E-state index contributed by atoms with van der Waals surface area (Å²) >= 11 is 0. The highest BCUT2D eigenvalue weighted by Gasteiger charge is 2.10. The van der Waals surface area contributed by atoms with Crippen LogP contribution >= 0.6 is 0 Å². The van der Waals surface area contributed by atoms with Crippen molar-refractivity contribution < 1.29 is 4.74 Å². The molecule has 0 spiro atoms. The van der Waals surface area contributed by atoms with E-state index < -0.39 is 0 Å². The monoisotopic (exact) mass is 207 g/mol. The van der Waals surface area contributed by atoms with Crippen molar-refractivity contribution in [3.05, 3.63) is 29.8 Å². The molecule has 1 aromatic carbocycles. The van der Waals surface area contributed by atoms with E-state index in [2.05, 4.69) is 30.4 Å². The van der Waals surface area contributed by atoms with E-state index in [1.54, 1.807) is 0 Å². The van der Waals surface area contributed by atoms with Crippen molar-refractivity contribution in [2.24, 2.45) is 0 Å². The van der Waals surface area contributed by atoms with Gasteiger partial charge in [-0.05, 0) is 44.5 Å². The number of nitrogens with one attached hydrogen (secondary N) is 1. The van der Waals surface area contributed by atoms with E-state index in [1.165, 1.54) is 5.56 Å². The number of hydrogen-bond donors (Lipinski definition) is 1. The van der Waals surface area contributed by atoms with Crippen LogP contribution in [0, 0.1) is 0 Å². The minimum atomic E-state index is 0.542. The molecule has 0 aliphatic heterocycles. The quantitative estimate of drug-likeness (QED) is 0.774. The lowest BCUT2D eigenvalue weighted by Crippen LogP contribution is -2.11. The lowest BCUT2D eigenvalue weighted by atomic mass is 9.97. The first-order valence-electron chi connectivity index (χ1n) is 5.66. The fourth-order valence-corrected chi connectivity index (χ4v) is 1.69. The Hall–Kier alpha value is -1.02. The Labute approximate surface area is 92.6 Å². The van der Waals surface area contributed by atoms with Crippen molar-refractivity contribution in [1.82, 2.24) is 5.32 Å². The van der Waals surface area contributed by atoms with Gasteiger partial charge in [-0.3, -0.25) is 0 Å². The molecular weight excluding hydrogens is 186 g/mol. The summed E-state index contributed by atoms with van der Waals surface area (Å²) in [7, 11) is 1.99. The first-order valence-corrected chi connectivity index (χ1v) is 5.66. The molecular formula is C13H21NO. The van der Waals surface area contributed by atoms with Crippen molar-refractivity contribution in [1.29, 1.82) is 0 Å². The second kappa shape index (κ2) is 6.46. The molecule has 15 heavy (non-hydrogen) atoms. The molecule has 2 heteroatoms. The van der Waals surface area contributed by atoms with E-state index in [0.717, 1.165) is 25.3 Å². The molecule has 1 atom stereocenters. The van der Waals surface area contributed by atoms with E-state index in [1.807, 2.05) is 20.0 Å². The zero-order chi connectivity index (χ0) is 11.1. The van der Waals surface area contributed by atoms with Crippen LogP contribution in [0.4, 0.5) is 0 Å². The van der Waals surface area contributed by atoms with Crippen LogP contribution in [-0.2, 0) is 0 Å². The van der Waals surface area contributed by atoms with E-state index in [0.29, 0.717) is 5.92 Å². The third-order valence-corrected chi connectivity index (χ3v) is 2.58. The fraction of sp³-hybridized carbons (Fsp3) is 0.538. The fourth-order valence-electron chi connectivity index (χ4n) is 1.69. The van der Waals surface area contributed by atoms with Gasteiger partial charge in [0, 0.05) is 0 Å². The van der Waals surface area contributed by atoms with Crippen LogP contribution in [-0.4, -0.2) is 20.2 Å². The number of hydrogen-bond acceptors (Lipinski definition) is 2. The van der Waals surface area contributed by atoms with Gasteiger partial charge in [-0.15, -0.1) is 0 Å². The SMILES string of the molecule is CCOc1ccccc1C(C)CCNC. The Bertz CT molecular complexity index is 286. The molecule has 1 unspecified atom stereocenters. The Morgan fingerprint density at radius 3 is 2.73 bits per heavy atom. The predicted octanol–water partition coefficient (Wildman–Crippen LogP) is 2.80. The van der Waals surface area contributed by atoms with Gasteiger partial charge in [-0.1, -0.05) is 25.1 Å². The summed E-state index contributed by atoms with van der Waals surface area (Å²) in [6.45, 7) is 6.04. The molecule has 2 nitrogen and oxygen atoms in total. The molecule has 0 amide bonds. The molecule has 0 aliphatic carbocycles. The number of benzene rings is 1. The average molecular weight is 207 g/mol. The molecule has 0 aromatic heterocycles. The Balaban J connectivity index is 2.72. The van der Waals surface area contributed by atoms with Crippen LogP contribution in [0.25, 0.3) is 0 Å². The molecule has 0 radical (unpaired) electrons. The van der Waals surface area contributed by atoms with Gasteiger partial charge in [0.05, 0.1) is 6.61 Å². The summed E-state index contributed by atoms with van der Waals surface area (Å²) in [4.78, 5) is 0. The molecule has 0 saturated carbocycles. The van der Waals surface area contributed by atoms with Crippen molar-refractivity contribution in [3.63, 3.8) is 0 Å².